The number of nitrogens with one attached hydrogen (secondary N) is 1. The monoisotopic (exact) mass is 350 g/mol. The van der Waals surface area contributed by atoms with Crippen molar-refractivity contribution >= 4 is 27.3 Å². The number of rotatable bonds is 5. The van der Waals surface area contributed by atoms with Crippen molar-refractivity contribution in [3.8, 4) is 0 Å². The van der Waals surface area contributed by atoms with Crippen molar-refractivity contribution in [2.45, 2.75) is 19.9 Å². The summed E-state index contributed by atoms with van der Waals surface area (Å²) >= 11 is 0. The van der Waals surface area contributed by atoms with E-state index in [-0.39, 0.29) is 5.69 Å². The Kier molecular flexibility index (Phi) is 5.23. The van der Waals surface area contributed by atoms with Gasteiger partial charge < -0.3 is 5.32 Å². The fraction of sp³-hybridized carbons (Fsp3) is 0.235. The van der Waals surface area contributed by atoms with Crippen LogP contribution in [0.2, 0.25) is 0 Å². The SMILES string of the molecule is Cc1ccc(N([C@H](C)C(=O)Nc2cccc(F)c2)S(C)(=O)=O)cc1. The molecule has 0 bridgehead atoms. The third-order valence-electron chi connectivity index (χ3n) is 3.47. The van der Waals surface area contributed by atoms with E-state index in [0.29, 0.717) is 5.69 Å². The van der Waals surface area contributed by atoms with Gasteiger partial charge in [-0.3, -0.25) is 9.10 Å². The average molecular weight is 350 g/mol. The molecule has 1 N–H and O–H groups in total. The molecule has 0 aromatic heterocycles. The molecule has 1 amide bonds. The number of hydrogen-bond acceptors (Lipinski definition) is 3. The van der Waals surface area contributed by atoms with E-state index in [2.05, 4.69) is 5.32 Å². The molecular weight excluding hydrogens is 331 g/mol. The summed E-state index contributed by atoms with van der Waals surface area (Å²) in [5.74, 6) is -1.04. The Hall–Kier alpha value is -2.41. The second-order valence-electron chi connectivity index (χ2n) is 5.57. The second-order valence-corrected chi connectivity index (χ2v) is 7.43. The van der Waals surface area contributed by atoms with Gasteiger partial charge in [0, 0.05) is 5.69 Å². The minimum Gasteiger partial charge on any atom is -0.324 e. The summed E-state index contributed by atoms with van der Waals surface area (Å²) in [5, 5.41) is 2.53. The zero-order valence-corrected chi connectivity index (χ0v) is 14.5. The van der Waals surface area contributed by atoms with E-state index in [4.69, 9.17) is 0 Å². The minimum absolute atomic E-state index is 0.268. The van der Waals surface area contributed by atoms with Gasteiger partial charge >= 0.3 is 0 Å². The summed E-state index contributed by atoms with van der Waals surface area (Å²) in [5.41, 5.74) is 1.64. The van der Waals surface area contributed by atoms with E-state index in [1.807, 2.05) is 6.92 Å². The molecule has 0 saturated heterocycles. The molecule has 0 fully saturated rings. The van der Waals surface area contributed by atoms with Crippen LogP contribution in [0, 0.1) is 12.7 Å². The van der Waals surface area contributed by atoms with Crippen LogP contribution in [0.15, 0.2) is 48.5 Å². The summed E-state index contributed by atoms with van der Waals surface area (Å²) < 4.78 is 38.6. The number of amides is 1. The van der Waals surface area contributed by atoms with Gasteiger partial charge in [0.15, 0.2) is 0 Å². The summed E-state index contributed by atoms with van der Waals surface area (Å²) in [6.07, 6.45) is 1.04. The Balaban J connectivity index is 2.29. The molecule has 0 aliphatic rings. The molecule has 24 heavy (non-hydrogen) atoms. The first-order valence-corrected chi connectivity index (χ1v) is 9.16. The third-order valence-corrected chi connectivity index (χ3v) is 4.71. The van der Waals surface area contributed by atoms with Crippen LogP contribution in [0.5, 0.6) is 0 Å². The van der Waals surface area contributed by atoms with Crippen molar-refractivity contribution in [2.75, 3.05) is 15.9 Å². The zero-order chi connectivity index (χ0) is 17.9. The second kappa shape index (κ2) is 7.00. The molecule has 2 aromatic carbocycles. The molecule has 2 aromatic rings. The predicted octanol–water partition coefficient (Wildman–Crippen LogP) is 2.93. The summed E-state index contributed by atoms with van der Waals surface area (Å²) in [7, 11) is -3.68. The van der Waals surface area contributed by atoms with Gasteiger partial charge in [-0.25, -0.2) is 12.8 Å². The van der Waals surface area contributed by atoms with Gasteiger partial charge in [0.25, 0.3) is 0 Å². The third kappa shape index (κ3) is 4.32. The van der Waals surface area contributed by atoms with Crippen LogP contribution in [0.3, 0.4) is 0 Å². The molecule has 0 aliphatic carbocycles. The first-order valence-electron chi connectivity index (χ1n) is 7.31. The fourth-order valence-electron chi connectivity index (χ4n) is 2.31. The van der Waals surface area contributed by atoms with Crippen molar-refractivity contribution in [3.05, 3.63) is 59.9 Å². The number of carbonyl (C=O) groups excluding carboxylic acids is 1. The van der Waals surface area contributed by atoms with Crippen LogP contribution in [0.4, 0.5) is 15.8 Å². The highest BCUT2D eigenvalue weighted by Gasteiger charge is 2.29. The number of benzene rings is 2. The Bertz CT molecular complexity index is 835. The van der Waals surface area contributed by atoms with E-state index < -0.39 is 27.8 Å². The zero-order valence-electron chi connectivity index (χ0n) is 13.7. The van der Waals surface area contributed by atoms with Gasteiger partial charge in [-0.05, 0) is 44.2 Å². The molecule has 128 valence electrons. The molecule has 0 unspecified atom stereocenters. The summed E-state index contributed by atoms with van der Waals surface area (Å²) in [6.45, 7) is 3.37. The van der Waals surface area contributed by atoms with Gasteiger partial charge in [-0.1, -0.05) is 23.8 Å². The summed E-state index contributed by atoms with van der Waals surface area (Å²) in [4.78, 5) is 12.4. The highest BCUT2D eigenvalue weighted by Crippen LogP contribution is 2.22. The number of carbonyl (C=O) groups is 1. The summed E-state index contributed by atoms with van der Waals surface area (Å²) in [6, 6.07) is 11.2. The van der Waals surface area contributed by atoms with E-state index >= 15 is 0 Å². The van der Waals surface area contributed by atoms with Crippen LogP contribution in [0.1, 0.15) is 12.5 Å². The molecule has 0 aliphatic heterocycles. The quantitative estimate of drug-likeness (QED) is 0.902. The smallest absolute Gasteiger partial charge is 0.247 e. The topological polar surface area (TPSA) is 66.5 Å². The first kappa shape index (κ1) is 17.9. The lowest BCUT2D eigenvalue weighted by atomic mass is 10.2. The molecule has 0 radical (unpaired) electrons. The molecule has 7 heteroatoms. The van der Waals surface area contributed by atoms with Crippen LogP contribution in [-0.2, 0) is 14.8 Å². The molecule has 2 rings (SSSR count). The van der Waals surface area contributed by atoms with Gasteiger partial charge in [-0.2, -0.15) is 0 Å². The fourth-order valence-corrected chi connectivity index (χ4v) is 3.49. The number of sulfonamides is 1. The van der Waals surface area contributed by atoms with Gasteiger partial charge in [0.2, 0.25) is 15.9 Å². The van der Waals surface area contributed by atoms with E-state index in [9.17, 15) is 17.6 Å². The number of nitrogens with zero attached hydrogens (tertiary/aromatic N) is 1. The number of hydrogen-bond donors (Lipinski definition) is 1. The van der Waals surface area contributed by atoms with Crippen LogP contribution < -0.4 is 9.62 Å². The minimum atomic E-state index is -3.68. The maximum Gasteiger partial charge on any atom is 0.247 e. The van der Waals surface area contributed by atoms with Crippen molar-refractivity contribution in [2.24, 2.45) is 0 Å². The first-order chi connectivity index (χ1) is 11.2. The van der Waals surface area contributed by atoms with Crippen molar-refractivity contribution in [3.63, 3.8) is 0 Å². The standard InChI is InChI=1S/C17H19FN2O3S/c1-12-7-9-16(10-8-12)20(24(3,22)23)13(2)17(21)19-15-6-4-5-14(18)11-15/h4-11,13H,1-3H3,(H,19,21)/t13-/m1/s1. The van der Waals surface area contributed by atoms with E-state index in [0.717, 1.165) is 16.1 Å². The molecule has 1 atom stereocenters. The van der Waals surface area contributed by atoms with E-state index in [1.54, 1.807) is 24.3 Å². The normalized spacial score (nSPS) is 12.5. The maximum atomic E-state index is 13.2. The molecule has 0 saturated carbocycles. The maximum absolute atomic E-state index is 13.2. The molecule has 5 nitrogen and oxygen atoms in total. The lowest BCUT2D eigenvalue weighted by molar-refractivity contribution is -0.116. The van der Waals surface area contributed by atoms with Crippen LogP contribution in [-0.4, -0.2) is 26.6 Å². The Morgan fingerprint density at radius 1 is 1.17 bits per heavy atom. The van der Waals surface area contributed by atoms with Crippen molar-refractivity contribution in [1.29, 1.82) is 0 Å². The Morgan fingerprint density at radius 2 is 1.79 bits per heavy atom. The number of aryl methyl sites for hydroxylation is 1. The Labute approximate surface area is 141 Å². The molecule has 0 spiro atoms. The number of halogens is 1. The average Bonchev–Trinajstić information content (AvgIpc) is 2.48. The van der Waals surface area contributed by atoms with Crippen molar-refractivity contribution < 1.29 is 17.6 Å². The van der Waals surface area contributed by atoms with Gasteiger partial charge in [0.1, 0.15) is 11.9 Å². The molecular formula is C17H19FN2O3S. The lowest BCUT2D eigenvalue weighted by Crippen LogP contribution is -2.45. The van der Waals surface area contributed by atoms with Crippen molar-refractivity contribution in [1.82, 2.24) is 0 Å². The van der Waals surface area contributed by atoms with E-state index in [1.165, 1.54) is 31.2 Å². The van der Waals surface area contributed by atoms with Crippen LogP contribution >= 0.6 is 0 Å². The predicted molar refractivity (Wildman–Crippen MR) is 93.0 cm³/mol. The Morgan fingerprint density at radius 3 is 2.33 bits per heavy atom. The molecule has 0 heterocycles. The number of anilines is 2. The highest BCUT2D eigenvalue weighted by molar-refractivity contribution is 7.92. The van der Waals surface area contributed by atoms with Crippen LogP contribution in [0.25, 0.3) is 0 Å². The lowest BCUT2D eigenvalue weighted by Gasteiger charge is -2.28. The van der Waals surface area contributed by atoms with Gasteiger partial charge in [-0.15, -0.1) is 0 Å². The highest BCUT2D eigenvalue weighted by atomic mass is 32.2. The largest absolute Gasteiger partial charge is 0.324 e. The van der Waals surface area contributed by atoms with Gasteiger partial charge in [0.05, 0.1) is 11.9 Å².